The van der Waals surface area contributed by atoms with E-state index in [0.29, 0.717) is 0 Å². The molecule has 1 aromatic rings. The van der Waals surface area contributed by atoms with E-state index in [-0.39, 0.29) is 11.2 Å². The Kier molecular flexibility index (Phi) is 3.83. The van der Waals surface area contributed by atoms with E-state index >= 15 is 0 Å². The van der Waals surface area contributed by atoms with E-state index in [1.807, 2.05) is 37.3 Å². The van der Waals surface area contributed by atoms with Gasteiger partial charge in [0.15, 0.2) is 5.78 Å². The summed E-state index contributed by atoms with van der Waals surface area (Å²) in [5.41, 5.74) is 2.14. The highest BCUT2D eigenvalue weighted by atomic mass is 16.5. The van der Waals surface area contributed by atoms with Crippen LogP contribution >= 0.6 is 0 Å². The van der Waals surface area contributed by atoms with Crippen LogP contribution in [-0.2, 0) is 10.2 Å². The van der Waals surface area contributed by atoms with Crippen LogP contribution in [0, 0.1) is 5.41 Å². The van der Waals surface area contributed by atoms with Gasteiger partial charge in [-0.1, -0.05) is 50.6 Å². The van der Waals surface area contributed by atoms with Gasteiger partial charge in [0.1, 0.15) is 5.75 Å². The maximum Gasteiger partial charge on any atom is 0.173 e. The first-order valence-electron chi connectivity index (χ1n) is 7.29. The summed E-state index contributed by atoms with van der Waals surface area (Å²) in [6, 6.07) is 7.86. The molecule has 21 heavy (non-hydrogen) atoms. The van der Waals surface area contributed by atoms with E-state index in [4.69, 9.17) is 4.74 Å². The first-order chi connectivity index (χ1) is 9.72. The van der Waals surface area contributed by atoms with Crippen molar-refractivity contribution in [1.29, 1.82) is 0 Å². The van der Waals surface area contributed by atoms with Gasteiger partial charge < -0.3 is 4.74 Å². The maximum absolute atomic E-state index is 13.1. The number of carbonyl (C=O) groups excluding carboxylic acids is 1. The second kappa shape index (κ2) is 5.18. The van der Waals surface area contributed by atoms with Crippen LogP contribution in [0.3, 0.4) is 0 Å². The van der Waals surface area contributed by atoms with Crippen molar-refractivity contribution in [1.82, 2.24) is 0 Å². The van der Waals surface area contributed by atoms with E-state index in [0.717, 1.165) is 22.5 Å². The van der Waals surface area contributed by atoms with Gasteiger partial charge in [0, 0.05) is 0 Å². The molecule has 1 aliphatic rings. The number of ether oxygens (including phenoxy) is 1. The maximum atomic E-state index is 13.1. The molecule has 0 fully saturated rings. The van der Waals surface area contributed by atoms with Crippen molar-refractivity contribution in [3.63, 3.8) is 0 Å². The Labute approximate surface area is 127 Å². The monoisotopic (exact) mass is 284 g/mol. The molecule has 0 aliphatic heterocycles. The minimum atomic E-state index is -0.623. The molecule has 0 saturated heterocycles. The predicted molar refractivity (Wildman–Crippen MR) is 86.6 cm³/mol. The first-order valence-corrected chi connectivity index (χ1v) is 7.29. The van der Waals surface area contributed by atoms with Gasteiger partial charge in [-0.05, 0) is 42.5 Å². The molecule has 2 heteroatoms. The number of methoxy groups -OCH3 is 1. The topological polar surface area (TPSA) is 26.3 Å². The highest BCUT2D eigenvalue weighted by Crippen LogP contribution is 2.48. The number of Topliss-reactive ketones (excluding diaryl/α,β-unsaturated/α-hetero) is 1. The summed E-state index contributed by atoms with van der Waals surface area (Å²) in [5, 5.41) is 0. The molecule has 1 atom stereocenters. The summed E-state index contributed by atoms with van der Waals surface area (Å²) < 4.78 is 5.23. The van der Waals surface area contributed by atoms with Crippen molar-refractivity contribution >= 4 is 5.78 Å². The van der Waals surface area contributed by atoms with Crippen molar-refractivity contribution in [2.24, 2.45) is 5.41 Å². The lowest BCUT2D eigenvalue weighted by atomic mass is 9.57. The zero-order chi connectivity index (χ0) is 15.8. The third-order valence-corrected chi connectivity index (χ3v) is 4.33. The molecule has 1 aliphatic carbocycles. The molecule has 0 aromatic heterocycles. The molecule has 0 saturated carbocycles. The molecule has 0 bridgehead atoms. The van der Waals surface area contributed by atoms with Crippen LogP contribution in [0.1, 0.15) is 40.2 Å². The molecular formula is C19H24O2. The second-order valence-electron chi connectivity index (χ2n) is 6.83. The number of hydrogen-bond donors (Lipinski definition) is 0. The average Bonchev–Trinajstić information content (AvgIpc) is 2.41. The van der Waals surface area contributed by atoms with Crippen molar-refractivity contribution in [3.8, 4) is 5.75 Å². The highest BCUT2D eigenvalue weighted by molar-refractivity contribution is 6.07. The Balaban J connectivity index is 2.69. The average molecular weight is 284 g/mol. The van der Waals surface area contributed by atoms with Gasteiger partial charge in [0.05, 0.1) is 12.5 Å². The Bertz CT molecular complexity index is 612. The normalized spacial score (nSPS) is 22.7. The van der Waals surface area contributed by atoms with Crippen molar-refractivity contribution < 1.29 is 9.53 Å². The second-order valence-corrected chi connectivity index (χ2v) is 6.83. The molecule has 112 valence electrons. The number of ketones is 1. The minimum Gasteiger partial charge on any atom is -0.497 e. The fourth-order valence-corrected chi connectivity index (χ4v) is 3.23. The fourth-order valence-electron chi connectivity index (χ4n) is 3.23. The van der Waals surface area contributed by atoms with Gasteiger partial charge in [-0.2, -0.15) is 0 Å². The quantitative estimate of drug-likeness (QED) is 0.801. The summed E-state index contributed by atoms with van der Waals surface area (Å²) >= 11 is 0. The first kappa shape index (κ1) is 15.6. The number of rotatable bonds is 2. The van der Waals surface area contributed by atoms with E-state index in [1.165, 1.54) is 0 Å². The van der Waals surface area contributed by atoms with Crippen LogP contribution in [0.2, 0.25) is 0 Å². The highest BCUT2D eigenvalue weighted by Gasteiger charge is 2.49. The number of hydrogen-bond acceptors (Lipinski definition) is 2. The number of benzene rings is 1. The van der Waals surface area contributed by atoms with Crippen LogP contribution in [0.4, 0.5) is 0 Å². The fraction of sp³-hybridized carbons (Fsp3) is 0.421. The third kappa shape index (κ3) is 2.44. The van der Waals surface area contributed by atoms with E-state index < -0.39 is 5.41 Å². The van der Waals surface area contributed by atoms with Crippen LogP contribution in [0.5, 0.6) is 5.75 Å². The molecule has 2 rings (SSSR count). The largest absolute Gasteiger partial charge is 0.497 e. The van der Waals surface area contributed by atoms with Gasteiger partial charge in [-0.15, -0.1) is 0 Å². The summed E-state index contributed by atoms with van der Waals surface area (Å²) in [5.74, 6) is 0.991. The van der Waals surface area contributed by atoms with Gasteiger partial charge in [-0.3, -0.25) is 4.79 Å². The molecule has 0 N–H and O–H groups in total. The smallest absolute Gasteiger partial charge is 0.173 e. The van der Waals surface area contributed by atoms with Crippen LogP contribution in [0.15, 0.2) is 47.6 Å². The molecule has 1 aromatic carbocycles. The zero-order valence-electron chi connectivity index (χ0n) is 13.8. The molecule has 2 nitrogen and oxygen atoms in total. The molecule has 1 unspecified atom stereocenters. The van der Waals surface area contributed by atoms with Crippen molar-refractivity contribution in [3.05, 3.63) is 53.1 Å². The number of carbonyl (C=O) groups is 1. The minimum absolute atomic E-state index is 0.186. The Morgan fingerprint density at radius 1 is 1.05 bits per heavy atom. The number of allylic oxidation sites excluding steroid dienone is 4. The molecule has 0 spiro atoms. The van der Waals surface area contributed by atoms with Crippen LogP contribution in [-0.4, -0.2) is 12.9 Å². The predicted octanol–water partition coefficient (Wildman–Crippen LogP) is 4.45. The summed E-state index contributed by atoms with van der Waals surface area (Å²) in [7, 11) is 1.65. The Morgan fingerprint density at radius 2 is 1.62 bits per heavy atom. The summed E-state index contributed by atoms with van der Waals surface area (Å²) in [4.78, 5) is 13.1. The zero-order valence-corrected chi connectivity index (χ0v) is 13.8. The molecule has 0 heterocycles. The van der Waals surface area contributed by atoms with Crippen molar-refractivity contribution in [2.75, 3.05) is 7.11 Å². The van der Waals surface area contributed by atoms with E-state index in [9.17, 15) is 4.79 Å². The van der Waals surface area contributed by atoms with E-state index in [1.54, 1.807) is 7.11 Å². The standard InChI is InChI=1S/C19H24O2/c1-13-11-14(2)17(20)19(12-13,18(3,4)5)15-7-9-16(21-6)10-8-15/h7-12H,1-6H3. The van der Waals surface area contributed by atoms with E-state index in [2.05, 4.69) is 33.8 Å². The van der Waals surface area contributed by atoms with Gasteiger partial charge in [0.2, 0.25) is 0 Å². The lowest BCUT2D eigenvalue weighted by molar-refractivity contribution is -0.122. The molecule has 0 amide bonds. The van der Waals surface area contributed by atoms with Gasteiger partial charge >= 0.3 is 0 Å². The molecule has 0 radical (unpaired) electrons. The van der Waals surface area contributed by atoms with Crippen LogP contribution < -0.4 is 4.74 Å². The van der Waals surface area contributed by atoms with Crippen molar-refractivity contribution in [2.45, 2.75) is 40.0 Å². The third-order valence-electron chi connectivity index (χ3n) is 4.33. The van der Waals surface area contributed by atoms with Gasteiger partial charge in [-0.25, -0.2) is 0 Å². The Hall–Kier alpha value is -1.83. The lowest BCUT2D eigenvalue weighted by Gasteiger charge is -2.44. The lowest BCUT2D eigenvalue weighted by Crippen LogP contribution is -2.47. The SMILES string of the molecule is COc1ccc(C2(C(C)(C)C)C=C(C)C=C(C)C2=O)cc1. The Morgan fingerprint density at radius 3 is 2.10 bits per heavy atom. The summed E-state index contributed by atoms with van der Waals surface area (Å²) in [6.07, 6.45) is 4.08. The summed E-state index contributed by atoms with van der Waals surface area (Å²) in [6.45, 7) is 10.3. The van der Waals surface area contributed by atoms with Gasteiger partial charge in [0.25, 0.3) is 0 Å². The molecular weight excluding hydrogens is 260 g/mol. The van der Waals surface area contributed by atoms with Crippen LogP contribution in [0.25, 0.3) is 0 Å².